The molecule has 0 heterocycles. The third-order valence-corrected chi connectivity index (χ3v) is 5.77. The number of carboxylic acid groups (broad SMARTS) is 1. The van der Waals surface area contributed by atoms with Gasteiger partial charge in [0.05, 0.1) is 5.69 Å². The minimum Gasteiger partial charge on any atom is -0.481 e. The number of amides is 1. The van der Waals surface area contributed by atoms with E-state index in [0.29, 0.717) is 6.42 Å². The SMILES string of the molecule is CCCCCCCCC(C(=O)O)C(=O)Nc1ccccc1SCCCCC. The lowest BCUT2D eigenvalue weighted by Gasteiger charge is -2.15. The van der Waals surface area contributed by atoms with Gasteiger partial charge in [-0.15, -0.1) is 11.8 Å². The molecule has 1 atom stereocenters. The van der Waals surface area contributed by atoms with Crippen molar-refractivity contribution in [2.75, 3.05) is 11.1 Å². The van der Waals surface area contributed by atoms with Crippen LogP contribution < -0.4 is 5.32 Å². The van der Waals surface area contributed by atoms with Crippen molar-refractivity contribution in [2.45, 2.75) is 83.0 Å². The van der Waals surface area contributed by atoms with Crippen molar-refractivity contribution in [2.24, 2.45) is 5.92 Å². The summed E-state index contributed by atoms with van der Waals surface area (Å²) < 4.78 is 0. The molecule has 0 radical (unpaired) electrons. The second-order valence-corrected chi connectivity index (χ2v) is 8.12. The number of benzene rings is 1. The molecule has 1 rings (SSSR count). The van der Waals surface area contributed by atoms with Crippen molar-refractivity contribution >= 4 is 29.3 Å². The van der Waals surface area contributed by atoms with Gasteiger partial charge in [-0.2, -0.15) is 0 Å². The number of hydrogen-bond donors (Lipinski definition) is 2. The summed E-state index contributed by atoms with van der Waals surface area (Å²) in [6.45, 7) is 4.35. The van der Waals surface area contributed by atoms with Crippen LogP contribution in [0.15, 0.2) is 29.2 Å². The minimum atomic E-state index is -1.03. The fourth-order valence-corrected chi connectivity index (χ4v) is 3.96. The summed E-state index contributed by atoms with van der Waals surface area (Å²) in [5.41, 5.74) is 0.721. The van der Waals surface area contributed by atoms with Gasteiger partial charge >= 0.3 is 5.97 Å². The first-order valence-electron chi connectivity index (χ1n) is 10.4. The number of hydrogen-bond acceptors (Lipinski definition) is 3. The van der Waals surface area contributed by atoms with Gasteiger partial charge in [0.1, 0.15) is 5.92 Å². The molecule has 0 aromatic heterocycles. The molecule has 0 fully saturated rings. The Morgan fingerprint density at radius 2 is 1.59 bits per heavy atom. The number of carbonyl (C=O) groups excluding carboxylic acids is 1. The predicted octanol–water partition coefficient (Wildman–Crippen LogP) is 6.36. The zero-order chi connectivity index (χ0) is 19.9. The molecule has 0 bridgehead atoms. The zero-order valence-electron chi connectivity index (χ0n) is 16.8. The van der Waals surface area contributed by atoms with Crippen LogP contribution in [0.2, 0.25) is 0 Å². The van der Waals surface area contributed by atoms with Crippen LogP contribution in [0.1, 0.15) is 78.1 Å². The van der Waals surface area contributed by atoms with E-state index >= 15 is 0 Å². The Morgan fingerprint density at radius 1 is 0.963 bits per heavy atom. The van der Waals surface area contributed by atoms with Gasteiger partial charge in [0.2, 0.25) is 5.91 Å². The maximum absolute atomic E-state index is 12.5. The summed E-state index contributed by atoms with van der Waals surface area (Å²) in [7, 11) is 0. The molecule has 4 nitrogen and oxygen atoms in total. The molecular formula is C22H35NO3S. The van der Waals surface area contributed by atoms with E-state index in [4.69, 9.17) is 0 Å². The Hall–Kier alpha value is -1.49. The smallest absolute Gasteiger partial charge is 0.316 e. The highest BCUT2D eigenvalue weighted by Crippen LogP contribution is 2.28. The first-order chi connectivity index (χ1) is 13.1. The monoisotopic (exact) mass is 393 g/mol. The number of carbonyl (C=O) groups is 2. The van der Waals surface area contributed by atoms with E-state index in [2.05, 4.69) is 19.2 Å². The summed E-state index contributed by atoms with van der Waals surface area (Å²) in [6.07, 6.45) is 10.4. The molecule has 0 saturated heterocycles. The van der Waals surface area contributed by atoms with Gasteiger partial charge in [-0.3, -0.25) is 9.59 Å². The van der Waals surface area contributed by atoms with Crippen LogP contribution in [0, 0.1) is 5.92 Å². The van der Waals surface area contributed by atoms with Gasteiger partial charge in [-0.25, -0.2) is 0 Å². The van der Waals surface area contributed by atoms with Crippen molar-refractivity contribution < 1.29 is 14.7 Å². The van der Waals surface area contributed by atoms with Crippen molar-refractivity contribution in [3.8, 4) is 0 Å². The first kappa shape index (κ1) is 23.5. The molecule has 27 heavy (non-hydrogen) atoms. The highest BCUT2D eigenvalue weighted by atomic mass is 32.2. The van der Waals surface area contributed by atoms with E-state index in [1.807, 2.05) is 24.3 Å². The molecule has 0 spiro atoms. The van der Waals surface area contributed by atoms with Crippen molar-refractivity contribution in [1.29, 1.82) is 0 Å². The van der Waals surface area contributed by atoms with E-state index < -0.39 is 17.8 Å². The lowest BCUT2D eigenvalue weighted by Crippen LogP contribution is -2.29. The second kappa shape index (κ2) is 14.6. The molecule has 1 amide bonds. The van der Waals surface area contributed by atoms with E-state index in [9.17, 15) is 14.7 Å². The summed E-state index contributed by atoms with van der Waals surface area (Å²) in [5, 5.41) is 12.3. The second-order valence-electron chi connectivity index (χ2n) is 6.99. The molecule has 0 aliphatic carbocycles. The largest absolute Gasteiger partial charge is 0.481 e. The Labute approximate surface area is 168 Å². The van der Waals surface area contributed by atoms with Gasteiger partial charge in [-0.05, 0) is 30.7 Å². The topological polar surface area (TPSA) is 66.4 Å². The summed E-state index contributed by atoms with van der Waals surface area (Å²) in [6, 6.07) is 7.65. The Balaban J connectivity index is 2.56. The fraction of sp³-hybridized carbons (Fsp3) is 0.636. The van der Waals surface area contributed by atoms with E-state index in [-0.39, 0.29) is 0 Å². The number of nitrogens with one attached hydrogen (secondary N) is 1. The molecule has 0 aliphatic heterocycles. The molecule has 0 saturated carbocycles. The standard InChI is InChI=1S/C22H35NO3S/c1-3-5-7-8-9-10-14-18(22(25)26)21(24)23-19-15-11-12-16-20(19)27-17-13-6-4-2/h11-12,15-16,18H,3-10,13-14,17H2,1-2H3,(H,23,24)(H,25,26). The normalized spacial score (nSPS) is 11.9. The number of carboxylic acids is 1. The van der Waals surface area contributed by atoms with Gasteiger partial charge in [0, 0.05) is 4.90 Å². The van der Waals surface area contributed by atoms with Crippen molar-refractivity contribution in [3.63, 3.8) is 0 Å². The zero-order valence-corrected chi connectivity index (χ0v) is 17.7. The highest BCUT2D eigenvalue weighted by Gasteiger charge is 2.26. The maximum atomic E-state index is 12.5. The van der Waals surface area contributed by atoms with E-state index in [0.717, 1.165) is 42.0 Å². The van der Waals surface area contributed by atoms with Crippen LogP contribution in [0.4, 0.5) is 5.69 Å². The Kier molecular flexibility index (Phi) is 12.7. The lowest BCUT2D eigenvalue weighted by atomic mass is 9.99. The molecule has 1 unspecified atom stereocenters. The van der Waals surface area contributed by atoms with E-state index in [1.165, 1.54) is 32.1 Å². The number of unbranched alkanes of at least 4 members (excludes halogenated alkanes) is 7. The minimum absolute atomic E-state index is 0.402. The van der Waals surface area contributed by atoms with Gasteiger partial charge in [-0.1, -0.05) is 77.3 Å². The average molecular weight is 394 g/mol. The molecule has 1 aromatic carbocycles. The number of para-hydroxylation sites is 1. The molecule has 2 N–H and O–H groups in total. The molecule has 0 aliphatic rings. The third kappa shape index (κ3) is 9.85. The Bertz CT molecular complexity index is 562. The number of aliphatic carboxylic acids is 1. The maximum Gasteiger partial charge on any atom is 0.316 e. The molecule has 1 aromatic rings. The van der Waals surface area contributed by atoms with Gasteiger partial charge < -0.3 is 10.4 Å². The van der Waals surface area contributed by atoms with Crippen LogP contribution in [0.3, 0.4) is 0 Å². The lowest BCUT2D eigenvalue weighted by molar-refractivity contribution is -0.145. The van der Waals surface area contributed by atoms with Crippen molar-refractivity contribution in [3.05, 3.63) is 24.3 Å². The van der Waals surface area contributed by atoms with Crippen LogP contribution in [0.5, 0.6) is 0 Å². The summed E-state index contributed by atoms with van der Waals surface area (Å²) in [5.74, 6) is -1.41. The van der Waals surface area contributed by atoms with Gasteiger partial charge in [0.15, 0.2) is 0 Å². The third-order valence-electron chi connectivity index (χ3n) is 4.61. The number of anilines is 1. The van der Waals surface area contributed by atoms with Crippen LogP contribution in [-0.2, 0) is 9.59 Å². The summed E-state index contributed by atoms with van der Waals surface area (Å²) in [4.78, 5) is 25.1. The molecular weight excluding hydrogens is 358 g/mol. The van der Waals surface area contributed by atoms with Gasteiger partial charge in [0.25, 0.3) is 0 Å². The van der Waals surface area contributed by atoms with Crippen LogP contribution >= 0.6 is 11.8 Å². The fourth-order valence-electron chi connectivity index (χ4n) is 2.95. The Morgan fingerprint density at radius 3 is 2.30 bits per heavy atom. The predicted molar refractivity (Wildman–Crippen MR) is 114 cm³/mol. The highest BCUT2D eigenvalue weighted by molar-refractivity contribution is 7.99. The summed E-state index contributed by atoms with van der Waals surface area (Å²) >= 11 is 1.72. The van der Waals surface area contributed by atoms with E-state index in [1.54, 1.807) is 11.8 Å². The first-order valence-corrected chi connectivity index (χ1v) is 11.3. The quantitative estimate of drug-likeness (QED) is 0.207. The van der Waals surface area contributed by atoms with Crippen LogP contribution in [-0.4, -0.2) is 22.7 Å². The molecule has 5 heteroatoms. The number of rotatable bonds is 15. The number of thioether (sulfide) groups is 1. The molecule has 152 valence electrons. The van der Waals surface area contributed by atoms with Crippen molar-refractivity contribution in [1.82, 2.24) is 0 Å². The van der Waals surface area contributed by atoms with Crippen LogP contribution in [0.25, 0.3) is 0 Å². The average Bonchev–Trinajstić information content (AvgIpc) is 2.65.